The number of aryl methyl sites for hydroxylation is 1. The third-order valence-electron chi connectivity index (χ3n) is 2.37. The maximum absolute atomic E-state index is 11.4. The van der Waals surface area contributed by atoms with Crippen LogP contribution in [0.5, 0.6) is 0 Å². The van der Waals surface area contributed by atoms with Crippen molar-refractivity contribution in [3.63, 3.8) is 0 Å². The van der Waals surface area contributed by atoms with E-state index >= 15 is 0 Å². The average molecular weight is 250 g/mol. The lowest BCUT2D eigenvalue weighted by Gasteiger charge is -2.06. The van der Waals surface area contributed by atoms with Gasteiger partial charge in [0, 0.05) is 20.2 Å². The molecule has 0 radical (unpaired) electrons. The molecule has 0 saturated carbocycles. The van der Waals surface area contributed by atoms with Crippen LogP contribution in [0.1, 0.15) is 11.1 Å². The van der Waals surface area contributed by atoms with Gasteiger partial charge < -0.3 is 15.4 Å². The van der Waals surface area contributed by atoms with Crippen LogP contribution in [0, 0.1) is 6.92 Å². The molecule has 0 aliphatic heterocycles. The summed E-state index contributed by atoms with van der Waals surface area (Å²) in [6, 6.07) is 7.75. The Morgan fingerprint density at radius 2 is 1.72 bits per heavy atom. The fraction of sp³-hybridized carbons (Fsp3) is 0.385. The molecule has 1 aromatic carbocycles. The molecule has 0 aromatic heterocycles. The number of carbonyl (C=O) groups excluding carboxylic acids is 2. The Labute approximate surface area is 107 Å². The minimum Gasteiger partial charge on any atom is -0.383 e. The van der Waals surface area contributed by atoms with Gasteiger partial charge in [0.1, 0.15) is 0 Å². The molecule has 1 rings (SSSR count). The molecule has 0 spiro atoms. The van der Waals surface area contributed by atoms with Gasteiger partial charge in [0.05, 0.1) is 6.61 Å². The first-order valence-corrected chi connectivity index (χ1v) is 5.74. The Morgan fingerprint density at radius 3 is 2.33 bits per heavy atom. The van der Waals surface area contributed by atoms with Crippen LogP contribution in [0.15, 0.2) is 24.3 Å². The molecule has 2 amide bonds. The Hall–Kier alpha value is -1.88. The highest BCUT2D eigenvalue weighted by Crippen LogP contribution is 2.02. The number of nitrogens with one attached hydrogen (secondary N) is 2. The van der Waals surface area contributed by atoms with Crippen molar-refractivity contribution in [2.75, 3.05) is 20.3 Å². The number of rotatable bonds is 5. The van der Waals surface area contributed by atoms with E-state index in [0.29, 0.717) is 19.7 Å². The Bertz CT molecular complexity index is 401. The predicted molar refractivity (Wildman–Crippen MR) is 67.9 cm³/mol. The zero-order chi connectivity index (χ0) is 13.4. The van der Waals surface area contributed by atoms with Crippen molar-refractivity contribution in [1.29, 1.82) is 0 Å². The predicted octanol–water partition coefficient (Wildman–Crippen LogP) is 0.374. The Morgan fingerprint density at radius 1 is 1.11 bits per heavy atom. The van der Waals surface area contributed by atoms with Crippen molar-refractivity contribution < 1.29 is 14.3 Å². The molecule has 5 nitrogen and oxygen atoms in total. The summed E-state index contributed by atoms with van der Waals surface area (Å²) in [7, 11) is 1.53. The van der Waals surface area contributed by atoms with Crippen molar-refractivity contribution in [3.8, 4) is 0 Å². The minimum atomic E-state index is -0.640. The smallest absolute Gasteiger partial charge is 0.309 e. The van der Waals surface area contributed by atoms with Gasteiger partial charge in [0.2, 0.25) is 0 Å². The molecule has 0 bridgehead atoms. The second-order valence-electron chi connectivity index (χ2n) is 3.92. The largest absolute Gasteiger partial charge is 0.383 e. The van der Waals surface area contributed by atoms with Gasteiger partial charge >= 0.3 is 11.8 Å². The lowest BCUT2D eigenvalue weighted by Crippen LogP contribution is -2.40. The van der Waals surface area contributed by atoms with Crippen molar-refractivity contribution in [3.05, 3.63) is 35.4 Å². The van der Waals surface area contributed by atoms with Crippen LogP contribution >= 0.6 is 0 Å². The van der Waals surface area contributed by atoms with Crippen LogP contribution < -0.4 is 10.6 Å². The van der Waals surface area contributed by atoms with Crippen molar-refractivity contribution in [2.24, 2.45) is 0 Å². The molecule has 0 saturated heterocycles. The van der Waals surface area contributed by atoms with E-state index in [1.165, 1.54) is 7.11 Å². The van der Waals surface area contributed by atoms with Gasteiger partial charge in [-0.05, 0) is 12.5 Å². The van der Waals surface area contributed by atoms with E-state index in [2.05, 4.69) is 10.6 Å². The standard InChI is InChI=1S/C13H18N2O3/c1-10-3-5-11(6-4-10)9-15-13(17)12(16)14-7-8-18-2/h3-6H,7-9H2,1-2H3,(H,14,16)(H,15,17). The number of carbonyl (C=O) groups is 2. The van der Waals surface area contributed by atoms with Gasteiger partial charge in [0.15, 0.2) is 0 Å². The first-order chi connectivity index (χ1) is 8.63. The van der Waals surface area contributed by atoms with Crippen molar-refractivity contribution in [1.82, 2.24) is 10.6 Å². The number of amides is 2. The fourth-order valence-electron chi connectivity index (χ4n) is 1.32. The van der Waals surface area contributed by atoms with Gasteiger partial charge in [-0.3, -0.25) is 9.59 Å². The molecule has 98 valence electrons. The van der Waals surface area contributed by atoms with E-state index in [9.17, 15) is 9.59 Å². The lowest BCUT2D eigenvalue weighted by atomic mass is 10.1. The van der Waals surface area contributed by atoms with Gasteiger partial charge in [-0.25, -0.2) is 0 Å². The summed E-state index contributed by atoms with van der Waals surface area (Å²) in [4.78, 5) is 22.7. The molecule has 0 atom stereocenters. The van der Waals surface area contributed by atoms with Crippen LogP contribution in [0.3, 0.4) is 0 Å². The molecule has 0 unspecified atom stereocenters. The zero-order valence-corrected chi connectivity index (χ0v) is 10.7. The summed E-state index contributed by atoms with van der Waals surface area (Å²) >= 11 is 0. The first kappa shape index (κ1) is 14.2. The molecule has 0 heterocycles. The molecular formula is C13H18N2O3. The molecule has 0 aliphatic rings. The van der Waals surface area contributed by atoms with Crippen LogP contribution in [-0.2, 0) is 20.9 Å². The fourth-order valence-corrected chi connectivity index (χ4v) is 1.32. The summed E-state index contributed by atoms with van der Waals surface area (Å²) in [5, 5.41) is 5.01. The van der Waals surface area contributed by atoms with Gasteiger partial charge in [-0.1, -0.05) is 29.8 Å². The summed E-state index contributed by atoms with van der Waals surface area (Å²) in [5.74, 6) is -1.27. The van der Waals surface area contributed by atoms with Crippen LogP contribution in [-0.4, -0.2) is 32.1 Å². The number of hydrogen-bond donors (Lipinski definition) is 2. The third kappa shape index (κ3) is 4.97. The molecule has 5 heteroatoms. The Balaban J connectivity index is 2.32. The number of ether oxygens (including phenoxy) is 1. The topological polar surface area (TPSA) is 67.4 Å². The molecule has 18 heavy (non-hydrogen) atoms. The Kier molecular flexibility index (Phi) is 5.87. The molecule has 0 fully saturated rings. The van der Waals surface area contributed by atoms with E-state index in [0.717, 1.165) is 11.1 Å². The first-order valence-electron chi connectivity index (χ1n) is 5.74. The molecule has 1 aromatic rings. The van der Waals surface area contributed by atoms with E-state index in [1.54, 1.807) is 0 Å². The summed E-state index contributed by atoms with van der Waals surface area (Å²) in [5.41, 5.74) is 2.11. The lowest BCUT2D eigenvalue weighted by molar-refractivity contribution is -0.139. The van der Waals surface area contributed by atoms with Crippen LogP contribution in [0.25, 0.3) is 0 Å². The second-order valence-corrected chi connectivity index (χ2v) is 3.92. The van der Waals surface area contributed by atoms with Crippen LogP contribution in [0.4, 0.5) is 0 Å². The molecule has 0 aliphatic carbocycles. The van der Waals surface area contributed by atoms with Gasteiger partial charge in [-0.15, -0.1) is 0 Å². The quantitative estimate of drug-likeness (QED) is 0.586. The van der Waals surface area contributed by atoms with Crippen LogP contribution in [0.2, 0.25) is 0 Å². The third-order valence-corrected chi connectivity index (χ3v) is 2.37. The maximum atomic E-state index is 11.4. The second kappa shape index (κ2) is 7.45. The molecule has 2 N–H and O–H groups in total. The van der Waals surface area contributed by atoms with Gasteiger partial charge in [0.25, 0.3) is 0 Å². The minimum absolute atomic E-state index is 0.327. The van der Waals surface area contributed by atoms with E-state index in [-0.39, 0.29) is 0 Å². The van der Waals surface area contributed by atoms with Gasteiger partial charge in [-0.2, -0.15) is 0 Å². The highest BCUT2D eigenvalue weighted by molar-refractivity contribution is 6.35. The number of methoxy groups -OCH3 is 1. The molecular weight excluding hydrogens is 232 g/mol. The SMILES string of the molecule is COCCNC(=O)C(=O)NCc1ccc(C)cc1. The van der Waals surface area contributed by atoms with E-state index in [4.69, 9.17) is 4.74 Å². The summed E-state index contributed by atoms with van der Waals surface area (Å²) < 4.78 is 4.77. The summed E-state index contributed by atoms with van der Waals surface area (Å²) in [6.45, 7) is 3.05. The average Bonchev–Trinajstić information content (AvgIpc) is 2.38. The maximum Gasteiger partial charge on any atom is 0.309 e. The van der Waals surface area contributed by atoms with E-state index in [1.807, 2.05) is 31.2 Å². The van der Waals surface area contributed by atoms with Crippen molar-refractivity contribution >= 4 is 11.8 Å². The van der Waals surface area contributed by atoms with Crippen molar-refractivity contribution in [2.45, 2.75) is 13.5 Å². The summed E-state index contributed by atoms with van der Waals surface area (Å²) in [6.07, 6.45) is 0. The normalized spacial score (nSPS) is 9.89. The highest BCUT2D eigenvalue weighted by Gasteiger charge is 2.11. The van der Waals surface area contributed by atoms with E-state index < -0.39 is 11.8 Å². The highest BCUT2D eigenvalue weighted by atomic mass is 16.5. The monoisotopic (exact) mass is 250 g/mol. The zero-order valence-electron chi connectivity index (χ0n) is 10.7. The number of benzene rings is 1. The number of hydrogen-bond acceptors (Lipinski definition) is 3.